The van der Waals surface area contributed by atoms with E-state index in [1.165, 1.54) is 10.9 Å². The molecule has 1 aliphatic rings. The number of benzene rings is 1. The van der Waals surface area contributed by atoms with Crippen molar-refractivity contribution in [1.29, 1.82) is 0 Å². The van der Waals surface area contributed by atoms with Gasteiger partial charge in [0.1, 0.15) is 0 Å². The number of hydrogen-bond donors (Lipinski definition) is 1. The van der Waals surface area contributed by atoms with Gasteiger partial charge in [0.15, 0.2) is 0 Å². The molecule has 0 radical (unpaired) electrons. The van der Waals surface area contributed by atoms with E-state index in [1.807, 2.05) is 23.1 Å². The number of fused-ring (bicyclic) bond motifs is 1. The minimum Gasteiger partial charge on any atom is -0.341 e. The summed E-state index contributed by atoms with van der Waals surface area (Å²) in [4.78, 5) is 17.9. The molecular formula is C15H17N3O. The highest BCUT2D eigenvalue weighted by atomic mass is 16.2. The average molecular weight is 255 g/mol. The van der Waals surface area contributed by atoms with E-state index in [0.29, 0.717) is 13.0 Å². The summed E-state index contributed by atoms with van der Waals surface area (Å²) >= 11 is 0. The van der Waals surface area contributed by atoms with E-state index in [2.05, 4.69) is 17.1 Å². The minimum atomic E-state index is 0.00156. The highest BCUT2D eigenvalue weighted by Gasteiger charge is 2.26. The summed E-state index contributed by atoms with van der Waals surface area (Å²) in [5.41, 5.74) is 8.04. The van der Waals surface area contributed by atoms with Crippen molar-refractivity contribution >= 4 is 16.8 Å². The van der Waals surface area contributed by atoms with Gasteiger partial charge in [0, 0.05) is 37.1 Å². The van der Waals surface area contributed by atoms with Gasteiger partial charge in [-0.05, 0) is 24.1 Å². The van der Waals surface area contributed by atoms with Gasteiger partial charge in [0.25, 0.3) is 0 Å². The van der Waals surface area contributed by atoms with Crippen LogP contribution < -0.4 is 5.73 Å². The van der Waals surface area contributed by atoms with Crippen LogP contribution in [-0.4, -0.2) is 34.9 Å². The van der Waals surface area contributed by atoms with Gasteiger partial charge < -0.3 is 10.6 Å². The van der Waals surface area contributed by atoms with Crippen LogP contribution in [0.15, 0.2) is 36.5 Å². The molecule has 1 atom stereocenters. The maximum Gasteiger partial charge on any atom is 0.224 e. The SMILES string of the molecule is NC1CC(=O)N(CCc2cccc3ncccc23)C1. The molecule has 2 aromatic rings. The molecule has 1 aromatic heterocycles. The molecule has 4 heteroatoms. The first-order valence-electron chi connectivity index (χ1n) is 6.60. The third-order valence-electron chi connectivity index (χ3n) is 3.63. The van der Waals surface area contributed by atoms with Crippen molar-refractivity contribution in [3.05, 3.63) is 42.1 Å². The van der Waals surface area contributed by atoms with Crippen LogP contribution in [0.4, 0.5) is 0 Å². The van der Waals surface area contributed by atoms with E-state index < -0.39 is 0 Å². The molecule has 3 rings (SSSR count). The zero-order chi connectivity index (χ0) is 13.2. The lowest BCUT2D eigenvalue weighted by molar-refractivity contribution is -0.127. The number of aromatic nitrogens is 1. The monoisotopic (exact) mass is 255 g/mol. The number of pyridine rings is 1. The summed E-state index contributed by atoms with van der Waals surface area (Å²) in [6, 6.07) is 10.2. The van der Waals surface area contributed by atoms with Crippen molar-refractivity contribution in [2.24, 2.45) is 5.73 Å². The number of amides is 1. The summed E-state index contributed by atoms with van der Waals surface area (Å²) in [6.07, 6.45) is 3.13. The van der Waals surface area contributed by atoms with E-state index in [1.54, 1.807) is 6.20 Å². The molecule has 0 saturated carbocycles. The molecule has 1 aromatic carbocycles. The Balaban J connectivity index is 1.77. The van der Waals surface area contributed by atoms with Crippen molar-refractivity contribution < 1.29 is 4.79 Å². The predicted octanol–water partition coefficient (Wildman–Crippen LogP) is 1.34. The topological polar surface area (TPSA) is 59.2 Å². The Morgan fingerprint density at radius 2 is 2.21 bits per heavy atom. The lowest BCUT2D eigenvalue weighted by Crippen LogP contribution is -2.30. The molecule has 1 unspecified atom stereocenters. The van der Waals surface area contributed by atoms with Gasteiger partial charge in [-0.2, -0.15) is 0 Å². The Hall–Kier alpha value is -1.94. The van der Waals surface area contributed by atoms with Gasteiger partial charge >= 0.3 is 0 Å². The van der Waals surface area contributed by atoms with Crippen LogP contribution in [-0.2, 0) is 11.2 Å². The van der Waals surface area contributed by atoms with Crippen LogP contribution in [0.2, 0.25) is 0 Å². The normalized spacial score (nSPS) is 19.3. The molecule has 98 valence electrons. The second kappa shape index (κ2) is 4.97. The number of carbonyl (C=O) groups is 1. The lowest BCUT2D eigenvalue weighted by Gasteiger charge is -2.16. The minimum absolute atomic E-state index is 0.00156. The van der Waals surface area contributed by atoms with Gasteiger partial charge in [0.2, 0.25) is 5.91 Å². The van der Waals surface area contributed by atoms with Crippen LogP contribution in [0.3, 0.4) is 0 Å². The van der Waals surface area contributed by atoms with Crippen LogP contribution >= 0.6 is 0 Å². The zero-order valence-electron chi connectivity index (χ0n) is 10.7. The number of rotatable bonds is 3. The van der Waals surface area contributed by atoms with E-state index in [9.17, 15) is 4.79 Å². The molecular weight excluding hydrogens is 238 g/mol. The Labute approximate surface area is 112 Å². The third-order valence-corrected chi connectivity index (χ3v) is 3.63. The maximum absolute atomic E-state index is 11.7. The maximum atomic E-state index is 11.7. The fourth-order valence-electron chi connectivity index (χ4n) is 2.66. The quantitative estimate of drug-likeness (QED) is 0.900. The first-order valence-corrected chi connectivity index (χ1v) is 6.60. The fraction of sp³-hybridized carbons (Fsp3) is 0.333. The number of hydrogen-bond acceptors (Lipinski definition) is 3. The van der Waals surface area contributed by atoms with Crippen molar-refractivity contribution in [1.82, 2.24) is 9.88 Å². The second-order valence-electron chi connectivity index (χ2n) is 5.04. The Morgan fingerprint density at radius 1 is 1.32 bits per heavy atom. The van der Waals surface area contributed by atoms with Gasteiger partial charge in [-0.1, -0.05) is 18.2 Å². The van der Waals surface area contributed by atoms with Gasteiger partial charge in [-0.3, -0.25) is 9.78 Å². The molecule has 1 saturated heterocycles. The lowest BCUT2D eigenvalue weighted by atomic mass is 10.1. The molecule has 4 nitrogen and oxygen atoms in total. The highest BCUT2D eigenvalue weighted by molar-refractivity contribution is 5.82. The molecule has 1 fully saturated rings. The van der Waals surface area contributed by atoms with Crippen molar-refractivity contribution in [2.75, 3.05) is 13.1 Å². The zero-order valence-corrected chi connectivity index (χ0v) is 10.7. The van der Waals surface area contributed by atoms with Gasteiger partial charge in [-0.15, -0.1) is 0 Å². The molecule has 2 N–H and O–H groups in total. The molecule has 19 heavy (non-hydrogen) atoms. The standard InChI is InChI=1S/C15H17N3O/c16-12-9-15(19)18(10-12)8-6-11-3-1-5-14-13(11)4-2-7-17-14/h1-5,7,12H,6,8-10,16H2. The number of nitrogens with two attached hydrogens (primary N) is 1. The van der Waals surface area contributed by atoms with E-state index >= 15 is 0 Å². The Kier molecular flexibility index (Phi) is 3.17. The average Bonchev–Trinajstić information content (AvgIpc) is 2.74. The van der Waals surface area contributed by atoms with Crippen LogP contribution in [0.1, 0.15) is 12.0 Å². The number of carbonyl (C=O) groups excluding carboxylic acids is 1. The predicted molar refractivity (Wildman–Crippen MR) is 74.6 cm³/mol. The summed E-state index contributed by atoms with van der Waals surface area (Å²) in [6.45, 7) is 1.42. The molecule has 0 aliphatic carbocycles. The van der Waals surface area contributed by atoms with Crippen molar-refractivity contribution in [3.8, 4) is 0 Å². The Bertz CT molecular complexity index is 606. The summed E-state index contributed by atoms with van der Waals surface area (Å²) in [5.74, 6) is 0.172. The third kappa shape index (κ3) is 2.44. The van der Waals surface area contributed by atoms with Crippen molar-refractivity contribution in [3.63, 3.8) is 0 Å². The molecule has 1 amide bonds. The first kappa shape index (κ1) is 12.1. The molecule has 0 spiro atoms. The first-order chi connectivity index (χ1) is 9.24. The van der Waals surface area contributed by atoms with Gasteiger partial charge in [0.05, 0.1) is 5.52 Å². The summed E-state index contributed by atoms with van der Waals surface area (Å²) in [7, 11) is 0. The molecule has 0 bridgehead atoms. The molecule has 2 heterocycles. The highest BCUT2D eigenvalue weighted by Crippen LogP contribution is 2.18. The largest absolute Gasteiger partial charge is 0.341 e. The van der Waals surface area contributed by atoms with Crippen molar-refractivity contribution in [2.45, 2.75) is 18.9 Å². The van der Waals surface area contributed by atoms with E-state index in [-0.39, 0.29) is 11.9 Å². The second-order valence-corrected chi connectivity index (χ2v) is 5.04. The summed E-state index contributed by atoms with van der Waals surface area (Å²) in [5, 5.41) is 1.17. The van der Waals surface area contributed by atoms with Crippen LogP contribution in [0.25, 0.3) is 10.9 Å². The van der Waals surface area contributed by atoms with Gasteiger partial charge in [-0.25, -0.2) is 0 Å². The van der Waals surface area contributed by atoms with Crippen LogP contribution in [0.5, 0.6) is 0 Å². The molecule has 1 aliphatic heterocycles. The van der Waals surface area contributed by atoms with E-state index in [4.69, 9.17) is 5.73 Å². The summed E-state index contributed by atoms with van der Waals surface area (Å²) < 4.78 is 0. The van der Waals surface area contributed by atoms with E-state index in [0.717, 1.165) is 18.5 Å². The van der Waals surface area contributed by atoms with Crippen LogP contribution in [0, 0.1) is 0 Å². The smallest absolute Gasteiger partial charge is 0.224 e. The fourth-order valence-corrected chi connectivity index (χ4v) is 2.66. The number of likely N-dealkylation sites (tertiary alicyclic amines) is 1. The number of nitrogens with zero attached hydrogens (tertiary/aromatic N) is 2. The Morgan fingerprint density at radius 3 is 3.00 bits per heavy atom.